The van der Waals surface area contributed by atoms with Gasteiger partial charge in [-0.1, -0.05) is 6.08 Å². The maximum absolute atomic E-state index is 5.84. The van der Waals surface area contributed by atoms with E-state index in [1.54, 1.807) is 7.11 Å². The Morgan fingerprint density at radius 1 is 1.47 bits per heavy atom. The van der Waals surface area contributed by atoms with E-state index >= 15 is 0 Å². The van der Waals surface area contributed by atoms with Crippen LogP contribution in [0.4, 0.5) is 0 Å². The van der Waals surface area contributed by atoms with E-state index in [-0.39, 0.29) is 0 Å². The third-order valence-electron chi connectivity index (χ3n) is 3.24. The van der Waals surface area contributed by atoms with Gasteiger partial charge in [-0.3, -0.25) is 4.90 Å². The van der Waals surface area contributed by atoms with Crippen molar-refractivity contribution >= 4 is 0 Å². The zero-order chi connectivity index (χ0) is 13.5. The molecular weight excluding hydrogens is 240 g/mol. The average Bonchev–Trinajstić information content (AvgIpc) is 3.14. The number of nitrogens with one attached hydrogen (secondary N) is 1. The highest BCUT2D eigenvalue weighted by Gasteiger charge is 2.20. The SMILES string of the molecule is C=CCN(CCOC)Cc1ccc(CNC2CC2)o1. The van der Waals surface area contributed by atoms with Crippen molar-refractivity contribution in [2.24, 2.45) is 0 Å². The van der Waals surface area contributed by atoms with Crippen LogP contribution in [-0.2, 0) is 17.8 Å². The molecule has 0 atom stereocenters. The predicted octanol–water partition coefficient (Wildman–Crippen LogP) is 2.17. The minimum absolute atomic E-state index is 0.715. The molecule has 1 aliphatic rings. The fourth-order valence-electron chi connectivity index (χ4n) is 1.99. The van der Waals surface area contributed by atoms with Gasteiger partial charge in [-0.2, -0.15) is 0 Å². The van der Waals surface area contributed by atoms with Crippen LogP contribution in [0.3, 0.4) is 0 Å². The van der Waals surface area contributed by atoms with Gasteiger partial charge in [-0.05, 0) is 25.0 Å². The van der Waals surface area contributed by atoms with Crippen LogP contribution in [0.2, 0.25) is 0 Å². The normalized spacial score (nSPS) is 15.1. The molecule has 19 heavy (non-hydrogen) atoms. The quantitative estimate of drug-likeness (QED) is 0.657. The number of hydrogen-bond acceptors (Lipinski definition) is 4. The van der Waals surface area contributed by atoms with E-state index in [0.717, 1.165) is 44.3 Å². The first-order valence-corrected chi connectivity index (χ1v) is 6.95. The molecule has 0 saturated heterocycles. The van der Waals surface area contributed by atoms with Gasteiger partial charge in [0.2, 0.25) is 0 Å². The Labute approximate surface area is 115 Å². The third-order valence-corrected chi connectivity index (χ3v) is 3.24. The van der Waals surface area contributed by atoms with Gasteiger partial charge in [0.1, 0.15) is 11.5 Å². The minimum atomic E-state index is 0.715. The molecule has 0 amide bonds. The smallest absolute Gasteiger partial charge is 0.118 e. The van der Waals surface area contributed by atoms with E-state index in [1.165, 1.54) is 12.8 Å². The summed E-state index contributed by atoms with van der Waals surface area (Å²) in [4.78, 5) is 2.26. The van der Waals surface area contributed by atoms with Gasteiger partial charge in [0.15, 0.2) is 0 Å². The second-order valence-corrected chi connectivity index (χ2v) is 5.04. The summed E-state index contributed by atoms with van der Waals surface area (Å²) in [6, 6.07) is 4.84. The van der Waals surface area contributed by atoms with Crippen molar-refractivity contribution in [3.05, 3.63) is 36.3 Å². The lowest BCUT2D eigenvalue weighted by molar-refractivity contribution is 0.146. The maximum Gasteiger partial charge on any atom is 0.118 e. The molecule has 1 aromatic rings. The first-order chi connectivity index (χ1) is 9.31. The van der Waals surface area contributed by atoms with Crippen molar-refractivity contribution in [2.75, 3.05) is 26.8 Å². The standard InChI is InChI=1S/C15H24N2O2/c1-3-8-17(9-10-18-2)12-15-7-6-14(19-15)11-16-13-4-5-13/h3,6-7,13,16H,1,4-5,8-12H2,2H3. The number of furan rings is 1. The summed E-state index contributed by atoms with van der Waals surface area (Å²) in [6.07, 6.45) is 4.52. The Morgan fingerprint density at radius 3 is 2.95 bits per heavy atom. The topological polar surface area (TPSA) is 37.6 Å². The minimum Gasteiger partial charge on any atom is -0.463 e. The highest BCUT2D eigenvalue weighted by atomic mass is 16.5. The molecule has 4 nitrogen and oxygen atoms in total. The van der Waals surface area contributed by atoms with Crippen molar-refractivity contribution in [2.45, 2.75) is 32.0 Å². The number of ether oxygens (including phenoxy) is 1. The van der Waals surface area contributed by atoms with Crippen LogP contribution in [0.25, 0.3) is 0 Å². The van der Waals surface area contributed by atoms with Crippen molar-refractivity contribution in [1.29, 1.82) is 0 Å². The van der Waals surface area contributed by atoms with Crippen LogP contribution in [0.15, 0.2) is 29.2 Å². The second-order valence-electron chi connectivity index (χ2n) is 5.04. The predicted molar refractivity (Wildman–Crippen MR) is 75.9 cm³/mol. The van der Waals surface area contributed by atoms with Gasteiger partial charge < -0.3 is 14.5 Å². The largest absolute Gasteiger partial charge is 0.463 e. The Hall–Kier alpha value is -1.10. The van der Waals surface area contributed by atoms with E-state index in [1.807, 2.05) is 6.08 Å². The van der Waals surface area contributed by atoms with Crippen molar-refractivity contribution in [3.63, 3.8) is 0 Å². The molecule has 0 aromatic carbocycles. The molecule has 2 rings (SSSR count). The summed E-state index contributed by atoms with van der Waals surface area (Å²) in [6.45, 7) is 7.89. The average molecular weight is 264 g/mol. The maximum atomic E-state index is 5.84. The lowest BCUT2D eigenvalue weighted by Gasteiger charge is -2.18. The summed E-state index contributed by atoms with van der Waals surface area (Å²) in [7, 11) is 1.72. The van der Waals surface area contributed by atoms with Gasteiger partial charge in [0.25, 0.3) is 0 Å². The molecule has 1 aromatic heterocycles. The molecule has 1 aliphatic carbocycles. The Kier molecular flexibility index (Phi) is 5.63. The fourth-order valence-corrected chi connectivity index (χ4v) is 1.99. The number of methoxy groups -OCH3 is 1. The van der Waals surface area contributed by atoms with Crippen LogP contribution in [0, 0.1) is 0 Å². The zero-order valence-electron chi connectivity index (χ0n) is 11.7. The molecule has 0 unspecified atom stereocenters. The molecule has 1 N–H and O–H groups in total. The number of nitrogens with zero attached hydrogens (tertiary/aromatic N) is 1. The van der Waals surface area contributed by atoms with Crippen molar-refractivity contribution in [3.8, 4) is 0 Å². The number of hydrogen-bond donors (Lipinski definition) is 1. The first kappa shape index (κ1) is 14.3. The summed E-state index contributed by atoms with van der Waals surface area (Å²) in [5.74, 6) is 2.03. The molecule has 1 fully saturated rings. The Balaban J connectivity index is 1.79. The van der Waals surface area contributed by atoms with Crippen LogP contribution < -0.4 is 5.32 Å². The molecular formula is C15H24N2O2. The lowest BCUT2D eigenvalue weighted by Crippen LogP contribution is -2.26. The van der Waals surface area contributed by atoms with Gasteiger partial charge in [0.05, 0.1) is 19.7 Å². The molecule has 1 heterocycles. The first-order valence-electron chi connectivity index (χ1n) is 6.95. The molecule has 0 radical (unpaired) electrons. The van der Waals surface area contributed by atoms with Gasteiger partial charge in [-0.15, -0.1) is 6.58 Å². The summed E-state index contributed by atoms with van der Waals surface area (Å²) < 4.78 is 11.0. The van der Waals surface area contributed by atoms with Gasteiger partial charge in [0, 0.05) is 26.2 Å². The molecule has 0 spiro atoms. The van der Waals surface area contributed by atoms with Crippen LogP contribution in [0.5, 0.6) is 0 Å². The Morgan fingerprint density at radius 2 is 2.26 bits per heavy atom. The summed E-state index contributed by atoms with van der Waals surface area (Å²) in [5, 5.41) is 3.46. The molecule has 106 valence electrons. The second kappa shape index (κ2) is 7.48. The van der Waals surface area contributed by atoms with E-state index in [9.17, 15) is 0 Å². The summed E-state index contributed by atoms with van der Waals surface area (Å²) in [5.41, 5.74) is 0. The van der Waals surface area contributed by atoms with E-state index < -0.39 is 0 Å². The molecule has 1 saturated carbocycles. The van der Waals surface area contributed by atoms with E-state index in [4.69, 9.17) is 9.15 Å². The van der Waals surface area contributed by atoms with Crippen LogP contribution in [0.1, 0.15) is 24.4 Å². The highest BCUT2D eigenvalue weighted by molar-refractivity contribution is 5.07. The van der Waals surface area contributed by atoms with Crippen LogP contribution >= 0.6 is 0 Å². The zero-order valence-corrected chi connectivity index (χ0v) is 11.7. The fraction of sp³-hybridized carbons (Fsp3) is 0.600. The van der Waals surface area contributed by atoms with Crippen molar-refractivity contribution < 1.29 is 9.15 Å². The van der Waals surface area contributed by atoms with Gasteiger partial charge in [-0.25, -0.2) is 0 Å². The van der Waals surface area contributed by atoms with E-state index in [0.29, 0.717) is 6.04 Å². The van der Waals surface area contributed by atoms with E-state index in [2.05, 4.69) is 28.9 Å². The molecule has 0 bridgehead atoms. The third kappa shape index (κ3) is 5.19. The summed E-state index contributed by atoms with van der Waals surface area (Å²) >= 11 is 0. The highest BCUT2D eigenvalue weighted by Crippen LogP contribution is 2.20. The Bertz CT molecular complexity index is 385. The van der Waals surface area contributed by atoms with Crippen LogP contribution in [-0.4, -0.2) is 37.7 Å². The molecule has 0 aliphatic heterocycles. The van der Waals surface area contributed by atoms with Gasteiger partial charge >= 0.3 is 0 Å². The van der Waals surface area contributed by atoms with Crippen molar-refractivity contribution in [1.82, 2.24) is 10.2 Å². The lowest BCUT2D eigenvalue weighted by atomic mass is 10.3. The molecule has 4 heteroatoms. The number of rotatable bonds is 10. The monoisotopic (exact) mass is 264 g/mol.